The quantitative estimate of drug-likeness (QED) is 0.708. The molecule has 1 aromatic carbocycles. The van der Waals surface area contributed by atoms with Gasteiger partial charge in [-0.25, -0.2) is 0 Å². The highest BCUT2D eigenvalue weighted by Gasteiger charge is 2.25. The summed E-state index contributed by atoms with van der Waals surface area (Å²) in [6.45, 7) is 5.57. The van der Waals surface area contributed by atoms with Crippen LogP contribution in [0, 0.1) is 13.8 Å². The van der Waals surface area contributed by atoms with Crippen LogP contribution in [0.1, 0.15) is 39.2 Å². The van der Waals surface area contributed by atoms with Crippen molar-refractivity contribution in [2.75, 3.05) is 13.2 Å². The number of fused-ring (bicyclic) bond motifs is 1. The Balaban J connectivity index is 1.68. The van der Waals surface area contributed by atoms with Crippen molar-refractivity contribution in [3.8, 4) is 0 Å². The third kappa shape index (κ3) is 3.88. The second kappa shape index (κ2) is 7.89. The van der Waals surface area contributed by atoms with Gasteiger partial charge in [0.15, 0.2) is 0 Å². The molecule has 5 nitrogen and oxygen atoms in total. The Bertz CT molecular complexity index is 1050. The van der Waals surface area contributed by atoms with Gasteiger partial charge in [-0.05, 0) is 61.4 Å². The normalized spacial score (nSPS) is 16.6. The van der Waals surface area contributed by atoms with Gasteiger partial charge in [0.1, 0.15) is 0 Å². The van der Waals surface area contributed by atoms with E-state index in [1.165, 1.54) is 11.3 Å². The number of pyridine rings is 1. The van der Waals surface area contributed by atoms with Gasteiger partial charge in [-0.3, -0.25) is 9.59 Å². The number of hydrogen-bond acceptors (Lipinski definition) is 4. The molecule has 1 saturated heterocycles. The summed E-state index contributed by atoms with van der Waals surface area (Å²) in [6, 6.07) is 9.71. The van der Waals surface area contributed by atoms with E-state index in [0.29, 0.717) is 17.0 Å². The van der Waals surface area contributed by atoms with Gasteiger partial charge >= 0.3 is 0 Å². The number of carbonyl (C=O) groups excluding carboxylic acids is 1. The summed E-state index contributed by atoms with van der Waals surface area (Å²) in [7, 11) is 0. The van der Waals surface area contributed by atoms with Crippen molar-refractivity contribution in [1.82, 2.24) is 9.88 Å². The zero-order chi connectivity index (χ0) is 19.7. The number of ether oxygens (including phenoxy) is 1. The van der Waals surface area contributed by atoms with Crippen LogP contribution in [0.15, 0.2) is 40.5 Å². The van der Waals surface area contributed by atoms with Gasteiger partial charge in [-0.2, -0.15) is 0 Å². The largest absolute Gasteiger partial charge is 0.376 e. The molecule has 3 aromatic rings. The lowest BCUT2D eigenvalue weighted by molar-refractivity contribution is 0.0510. The maximum absolute atomic E-state index is 13.1. The molecule has 1 N–H and O–H groups in total. The van der Waals surface area contributed by atoms with E-state index in [1.54, 1.807) is 4.90 Å². The molecule has 2 aromatic heterocycles. The van der Waals surface area contributed by atoms with Crippen LogP contribution in [-0.4, -0.2) is 35.0 Å². The maximum Gasteiger partial charge on any atom is 0.264 e. The van der Waals surface area contributed by atoms with Crippen molar-refractivity contribution in [1.29, 1.82) is 0 Å². The van der Waals surface area contributed by atoms with Crippen LogP contribution in [0.5, 0.6) is 0 Å². The van der Waals surface area contributed by atoms with Gasteiger partial charge in [0.25, 0.3) is 11.5 Å². The lowest BCUT2D eigenvalue weighted by atomic mass is 10.0. The Labute approximate surface area is 168 Å². The topological polar surface area (TPSA) is 62.4 Å². The summed E-state index contributed by atoms with van der Waals surface area (Å²) in [5.74, 6) is -0.0503. The van der Waals surface area contributed by atoms with Gasteiger partial charge in [-0.15, -0.1) is 11.3 Å². The molecule has 3 heterocycles. The molecule has 0 aliphatic carbocycles. The van der Waals surface area contributed by atoms with Crippen molar-refractivity contribution in [3.05, 3.63) is 67.6 Å². The molecule has 146 valence electrons. The molecular weight excluding hydrogens is 372 g/mol. The first-order chi connectivity index (χ1) is 13.5. The smallest absolute Gasteiger partial charge is 0.264 e. The number of aryl methyl sites for hydroxylation is 2. The van der Waals surface area contributed by atoms with Gasteiger partial charge in [0, 0.05) is 29.6 Å². The van der Waals surface area contributed by atoms with Crippen LogP contribution in [0.25, 0.3) is 10.9 Å². The van der Waals surface area contributed by atoms with Crippen LogP contribution in [0.2, 0.25) is 0 Å². The summed E-state index contributed by atoms with van der Waals surface area (Å²) in [6.07, 6.45) is 1.99. The number of rotatable bonds is 5. The maximum atomic E-state index is 13.1. The second-order valence-electron chi connectivity index (χ2n) is 7.46. The highest BCUT2D eigenvalue weighted by molar-refractivity contribution is 7.12. The van der Waals surface area contributed by atoms with Gasteiger partial charge in [-0.1, -0.05) is 12.1 Å². The fourth-order valence-electron chi connectivity index (χ4n) is 3.85. The fourth-order valence-corrected chi connectivity index (χ4v) is 4.54. The lowest BCUT2D eigenvalue weighted by Crippen LogP contribution is -2.38. The number of aromatic amines is 1. The summed E-state index contributed by atoms with van der Waals surface area (Å²) in [5.41, 5.74) is 3.52. The number of carbonyl (C=O) groups is 1. The number of hydrogen-bond donors (Lipinski definition) is 1. The number of thiophene rings is 1. The fraction of sp³-hybridized carbons (Fsp3) is 0.364. The van der Waals surface area contributed by atoms with E-state index in [9.17, 15) is 9.59 Å². The molecule has 0 spiro atoms. The second-order valence-corrected chi connectivity index (χ2v) is 8.41. The number of nitrogens with zero attached hydrogens (tertiary/aromatic N) is 1. The summed E-state index contributed by atoms with van der Waals surface area (Å²) in [4.78, 5) is 31.2. The molecule has 28 heavy (non-hydrogen) atoms. The average Bonchev–Trinajstić information content (AvgIpc) is 3.35. The van der Waals surface area contributed by atoms with E-state index in [0.717, 1.165) is 41.5 Å². The first kappa shape index (κ1) is 18.9. The average molecular weight is 397 g/mol. The number of amides is 1. The summed E-state index contributed by atoms with van der Waals surface area (Å²) < 4.78 is 5.74. The standard InChI is InChI=1S/C22H24N2O3S/c1-14-9-15(2)18-11-16(21(25)23-19(18)10-14)12-24(13-17-5-3-7-27-17)22(26)20-6-4-8-28-20/h4,6,8-11,17H,3,5,7,12-13H2,1-2H3,(H,23,25)/t17-/m0/s1. The molecule has 1 fully saturated rings. The Morgan fingerprint density at radius 2 is 2.18 bits per heavy atom. The molecule has 0 bridgehead atoms. The minimum Gasteiger partial charge on any atom is -0.376 e. The zero-order valence-electron chi connectivity index (χ0n) is 16.2. The van der Waals surface area contributed by atoms with E-state index in [4.69, 9.17) is 4.74 Å². The minimum absolute atomic E-state index is 0.0350. The van der Waals surface area contributed by atoms with Crippen LogP contribution in [0.3, 0.4) is 0 Å². The van der Waals surface area contributed by atoms with Crippen molar-refractivity contribution in [3.63, 3.8) is 0 Å². The molecule has 1 atom stereocenters. The Kier molecular flexibility index (Phi) is 5.33. The lowest BCUT2D eigenvalue weighted by Gasteiger charge is -2.25. The molecule has 0 radical (unpaired) electrons. The Morgan fingerprint density at radius 1 is 1.32 bits per heavy atom. The van der Waals surface area contributed by atoms with Crippen LogP contribution >= 0.6 is 11.3 Å². The highest BCUT2D eigenvalue weighted by atomic mass is 32.1. The first-order valence-electron chi connectivity index (χ1n) is 9.59. The van der Waals surface area contributed by atoms with E-state index < -0.39 is 0 Å². The van der Waals surface area contributed by atoms with E-state index in [-0.39, 0.29) is 24.1 Å². The predicted octanol–water partition coefficient (Wildman–Crippen LogP) is 4.03. The first-order valence-corrected chi connectivity index (χ1v) is 10.5. The molecule has 6 heteroatoms. The molecule has 1 aliphatic heterocycles. The molecule has 4 rings (SSSR count). The van der Waals surface area contributed by atoms with Crippen LogP contribution in [-0.2, 0) is 11.3 Å². The predicted molar refractivity (Wildman–Crippen MR) is 112 cm³/mol. The number of aromatic nitrogens is 1. The minimum atomic E-state index is -0.145. The molecule has 0 unspecified atom stereocenters. The monoisotopic (exact) mass is 396 g/mol. The van der Waals surface area contributed by atoms with Crippen molar-refractivity contribution in [2.45, 2.75) is 39.3 Å². The molecule has 1 amide bonds. The summed E-state index contributed by atoms with van der Waals surface area (Å²) in [5, 5.41) is 2.91. The van der Waals surface area contributed by atoms with E-state index >= 15 is 0 Å². The van der Waals surface area contributed by atoms with Gasteiger partial charge < -0.3 is 14.6 Å². The van der Waals surface area contributed by atoms with Crippen LogP contribution in [0.4, 0.5) is 0 Å². The van der Waals surface area contributed by atoms with E-state index in [1.807, 2.05) is 43.5 Å². The molecule has 1 aliphatic rings. The van der Waals surface area contributed by atoms with Crippen LogP contribution < -0.4 is 5.56 Å². The number of benzene rings is 1. The zero-order valence-corrected chi connectivity index (χ0v) is 17.0. The number of H-pyrrole nitrogens is 1. The van der Waals surface area contributed by atoms with Crippen molar-refractivity contribution in [2.24, 2.45) is 0 Å². The molecule has 0 saturated carbocycles. The van der Waals surface area contributed by atoms with E-state index in [2.05, 4.69) is 11.1 Å². The Morgan fingerprint density at radius 3 is 2.89 bits per heavy atom. The van der Waals surface area contributed by atoms with Crippen molar-refractivity contribution < 1.29 is 9.53 Å². The third-order valence-electron chi connectivity index (χ3n) is 5.22. The highest BCUT2D eigenvalue weighted by Crippen LogP contribution is 2.21. The molecular formula is C22H24N2O3S. The van der Waals surface area contributed by atoms with Gasteiger partial charge in [0.2, 0.25) is 0 Å². The summed E-state index contributed by atoms with van der Waals surface area (Å²) >= 11 is 1.42. The van der Waals surface area contributed by atoms with Crippen molar-refractivity contribution >= 4 is 28.1 Å². The SMILES string of the molecule is Cc1cc(C)c2cc(CN(C[C@@H]3CCCO3)C(=O)c3cccs3)c(=O)[nH]c2c1. The third-order valence-corrected chi connectivity index (χ3v) is 6.08. The number of nitrogens with one attached hydrogen (secondary N) is 1. The van der Waals surface area contributed by atoms with Gasteiger partial charge in [0.05, 0.1) is 17.5 Å². The Hall–Kier alpha value is -2.44.